The van der Waals surface area contributed by atoms with E-state index in [2.05, 4.69) is 10.3 Å². The number of pyridine rings is 1. The predicted molar refractivity (Wildman–Crippen MR) is 58.1 cm³/mol. The van der Waals surface area contributed by atoms with Crippen LogP contribution in [0.2, 0.25) is 0 Å². The SMILES string of the molecule is CN(CCC(=O)O)C(=O)Nc1ccc(F)cn1. The fraction of sp³-hybridized carbons (Fsp3) is 0.300. The summed E-state index contributed by atoms with van der Waals surface area (Å²) in [6, 6.07) is 1.99. The van der Waals surface area contributed by atoms with Crippen molar-refractivity contribution in [3.8, 4) is 0 Å². The number of urea groups is 1. The zero-order valence-electron chi connectivity index (χ0n) is 9.18. The molecule has 0 saturated heterocycles. The molecule has 0 spiro atoms. The minimum Gasteiger partial charge on any atom is -0.481 e. The number of nitrogens with one attached hydrogen (secondary N) is 1. The molecule has 7 heteroatoms. The molecule has 0 aliphatic carbocycles. The van der Waals surface area contributed by atoms with Crippen LogP contribution in [0.4, 0.5) is 15.0 Å². The number of nitrogens with zero attached hydrogens (tertiary/aromatic N) is 2. The number of anilines is 1. The Morgan fingerprint density at radius 2 is 2.24 bits per heavy atom. The normalized spacial score (nSPS) is 9.76. The van der Waals surface area contributed by atoms with Crippen molar-refractivity contribution in [1.29, 1.82) is 0 Å². The predicted octanol–water partition coefficient (Wildman–Crippen LogP) is 1.16. The standard InChI is InChI=1S/C10H12FN3O3/c1-14(5-4-9(15)16)10(17)13-8-3-2-7(11)6-12-8/h2-3,6H,4-5H2,1H3,(H,15,16)(H,12,13,17). The fourth-order valence-electron chi connectivity index (χ4n) is 1.02. The molecule has 1 rings (SSSR count). The third kappa shape index (κ3) is 4.45. The highest BCUT2D eigenvalue weighted by Crippen LogP contribution is 2.04. The molecule has 2 amide bonds. The van der Waals surface area contributed by atoms with Crippen molar-refractivity contribution in [3.63, 3.8) is 0 Å². The molecule has 1 aromatic rings. The van der Waals surface area contributed by atoms with E-state index in [1.807, 2.05) is 0 Å². The summed E-state index contributed by atoms with van der Waals surface area (Å²) < 4.78 is 12.5. The maximum absolute atomic E-state index is 12.5. The van der Waals surface area contributed by atoms with Gasteiger partial charge in [-0.15, -0.1) is 0 Å². The maximum atomic E-state index is 12.5. The molecule has 2 N–H and O–H groups in total. The van der Waals surface area contributed by atoms with Crippen molar-refractivity contribution in [3.05, 3.63) is 24.1 Å². The van der Waals surface area contributed by atoms with Crippen LogP contribution >= 0.6 is 0 Å². The maximum Gasteiger partial charge on any atom is 0.322 e. The van der Waals surface area contributed by atoms with E-state index in [9.17, 15) is 14.0 Å². The summed E-state index contributed by atoms with van der Waals surface area (Å²) in [7, 11) is 1.46. The van der Waals surface area contributed by atoms with Crippen LogP contribution in [0.15, 0.2) is 18.3 Å². The molecular weight excluding hydrogens is 229 g/mol. The van der Waals surface area contributed by atoms with Crippen molar-refractivity contribution in [2.45, 2.75) is 6.42 Å². The van der Waals surface area contributed by atoms with Crippen LogP contribution in [0.5, 0.6) is 0 Å². The topological polar surface area (TPSA) is 82.5 Å². The Bertz CT molecular complexity index is 408. The summed E-state index contributed by atoms with van der Waals surface area (Å²) in [5.74, 6) is -1.27. The van der Waals surface area contributed by atoms with Crippen LogP contribution in [-0.2, 0) is 4.79 Å². The molecule has 0 radical (unpaired) electrons. The lowest BCUT2D eigenvalue weighted by Gasteiger charge is -2.16. The van der Waals surface area contributed by atoms with Gasteiger partial charge in [0.2, 0.25) is 0 Å². The van der Waals surface area contributed by atoms with Gasteiger partial charge in [-0.05, 0) is 12.1 Å². The van der Waals surface area contributed by atoms with Crippen LogP contribution in [0.1, 0.15) is 6.42 Å². The Labute approximate surface area is 97.1 Å². The number of hydrogen-bond acceptors (Lipinski definition) is 3. The Balaban J connectivity index is 2.48. The first-order chi connectivity index (χ1) is 7.99. The van der Waals surface area contributed by atoms with Crippen LogP contribution in [-0.4, -0.2) is 40.6 Å². The monoisotopic (exact) mass is 241 g/mol. The van der Waals surface area contributed by atoms with Gasteiger partial charge in [-0.3, -0.25) is 10.1 Å². The van der Waals surface area contributed by atoms with E-state index in [1.165, 1.54) is 24.1 Å². The van der Waals surface area contributed by atoms with Crippen molar-refractivity contribution >= 4 is 17.8 Å². The summed E-state index contributed by atoms with van der Waals surface area (Å²) in [5, 5.41) is 10.9. The lowest BCUT2D eigenvalue weighted by Crippen LogP contribution is -2.33. The Hall–Kier alpha value is -2.18. The average molecular weight is 241 g/mol. The molecule has 0 aliphatic heterocycles. The highest BCUT2D eigenvalue weighted by Gasteiger charge is 2.10. The first kappa shape index (κ1) is 12.9. The summed E-state index contributed by atoms with van der Waals surface area (Å²) >= 11 is 0. The second-order valence-electron chi connectivity index (χ2n) is 3.36. The minimum atomic E-state index is -0.982. The molecule has 92 valence electrons. The smallest absolute Gasteiger partial charge is 0.322 e. The van der Waals surface area contributed by atoms with Gasteiger partial charge in [0, 0.05) is 13.6 Å². The summed E-state index contributed by atoms with van der Waals surface area (Å²) in [6.45, 7) is 0.0857. The number of halogens is 1. The average Bonchev–Trinajstić information content (AvgIpc) is 2.28. The molecule has 0 aliphatic rings. The zero-order valence-corrected chi connectivity index (χ0v) is 9.18. The number of aromatic nitrogens is 1. The molecule has 1 heterocycles. The van der Waals surface area contributed by atoms with Gasteiger partial charge in [0.05, 0.1) is 12.6 Å². The quantitative estimate of drug-likeness (QED) is 0.828. The Morgan fingerprint density at radius 3 is 2.76 bits per heavy atom. The number of carbonyl (C=O) groups is 2. The Kier molecular flexibility index (Phi) is 4.38. The van der Waals surface area contributed by atoms with Gasteiger partial charge < -0.3 is 10.0 Å². The van der Waals surface area contributed by atoms with E-state index in [-0.39, 0.29) is 18.8 Å². The van der Waals surface area contributed by atoms with Crippen molar-refractivity contribution < 1.29 is 19.1 Å². The van der Waals surface area contributed by atoms with E-state index < -0.39 is 17.8 Å². The van der Waals surface area contributed by atoms with Crippen molar-refractivity contribution in [2.75, 3.05) is 18.9 Å². The molecule has 0 atom stereocenters. The lowest BCUT2D eigenvalue weighted by molar-refractivity contribution is -0.137. The van der Waals surface area contributed by atoms with Gasteiger partial charge >= 0.3 is 12.0 Å². The number of carboxylic acids is 1. The second-order valence-corrected chi connectivity index (χ2v) is 3.36. The first-order valence-corrected chi connectivity index (χ1v) is 4.84. The molecule has 0 bridgehead atoms. The van der Waals surface area contributed by atoms with Crippen LogP contribution < -0.4 is 5.32 Å². The van der Waals surface area contributed by atoms with E-state index in [4.69, 9.17) is 5.11 Å². The summed E-state index contributed by atoms with van der Waals surface area (Å²) in [5.41, 5.74) is 0. The highest BCUT2D eigenvalue weighted by atomic mass is 19.1. The summed E-state index contributed by atoms with van der Waals surface area (Å²) in [6.07, 6.45) is 0.841. The molecule has 0 saturated carbocycles. The van der Waals surface area contributed by atoms with Gasteiger partial charge in [0.15, 0.2) is 0 Å². The first-order valence-electron chi connectivity index (χ1n) is 4.84. The molecule has 17 heavy (non-hydrogen) atoms. The third-order valence-electron chi connectivity index (χ3n) is 1.97. The number of carbonyl (C=O) groups excluding carboxylic acids is 1. The molecule has 0 fully saturated rings. The fourth-order valence-corrected chi connectivity index (χ4v) is 1.02. The third-order valence-corrected chi connectivity index (χ3v) is 1.97. The van der Waals surface area contributed by atoms with Gasteiger partial charge in [-0.25, -0.2) is 14.2 Å². The van der Waals surface area contributed by atoms with Gasteiger partial charge in [-0.2, -0.15) is 0 Å². The van der Waals surface area contributed by atoms with Crippen molar-refractivity contribution in [1.82, 2.24) is 9.88 Å². The Morgan fingerprint density at radius 1 is 1.53 bits per heavy atom. The number of amides is 2. The molecular formula is C10H12FN3O3. The van der Waals surface area contributed by atoms with E-state index >= 15 is 0 Å². The van der Waals surface area contributed by atoms with Crippen molar-refractivity contribution in [2.24, 2.45) is 0 Å². The highest BCUT2D eigenvalue weighted by molar-refractivity contribution is 5.88. The van der Waals surface area contributed by atoms with E-state index in [0.29, 0.717) is 0 Å². The van der Waals surface area contributed by atoms with E-state index in [1.54, 1.807) is 0 Å². The number of aliphatic carboxylic acids is 1. The van der Waals surface area contributed by atoms with Gasteiger partial charge in [0.25, 0.3) is 0 Å². The molecule has 0 aromatic carbocycles. The second kappa shape index (κ2) is 5.78. The van der Waals surface area contributed by atoms with Gasteiger partial charge in [0.1, 0.15) is 11.6 Å². The van der Waals surface area contributed by atoms with Gasteiger partial charge in [-0.1, -0.05) is 0 Å². The number of rotatable bonds is 4. The minimum absolute atomic E-state index is 0.0857. The molecule has 0 unspecified atom stereocenters. The van der Waals surface area contributed by atoms with Crippen LogP contribution in [0.3, 0.4) is 0 Å². The van der Waals surface area contributed by atoms with E-state index in [0.717, 1.165) is 6.20 Å². The van der Waals surface area contributed by atoms with Crippen LogP contribution in [0, 0.1) is 5.82 Å². The molecule has 6 nitrogen and oxygen atoms in total. The lowest BCUT2D eigenvalue weighted by atomic mass is 10.4. The zero-order chi connectivity index (χ0) is 12.8. The number of carboxylic acid groups (broad SMARTS) is 1. The largest absolute Gasteiger partial charge is 0.481 e. The number of hydrogen-bond donors (Lipinski definition) is 2. The molecule has 1 aromatic heterocycles. The van der Waals surface area contributed by atoms with Crippen LogP contribution in [0.25, 0.3) is 0 Å². The summed E-state index contributed by atoms with van der Waals surface area (Å²) in [4.78, 5) is 26.7.